The van der Waals surface area contributed by atoms with Crippen LogP contribution in [0.2, 0.25) is 0 Å². The molecule has 4 heteroatoms. The maximum Gasteiger partial charge on any atom is 0.252 e. The van der Waals surface area contributed by atoms with Crippen LogP contribution in [0.25, 0.3) is 11.1 Å². The van der Waals surface area contributed by atoms with E-state index in [0.29, 0.717) is 0 Å². The molecule has 5 aliphatic rings. The lowest BCUT2D eigenvalue weighted by molar-refractivity contribution is 0.332. The van der Waals surface area contributed by atoms with Gasteiger partial charge in [0.15, 0.2) is 0 Å². The first-order chi connectivity index (χ1) is 40.0. The fraction of sp³-hybridized carbons (Fsp3) is 0.415. The van der Waals surface area contributed by atoms with Crippen LogP contribution in [0.1, 0.15) is 224 Å². The Labute approximate surface area is 518 Å². The van der Waals surface area contributed by atoms with Gasteiger partial charge in [0.2, 0.25) is 0 Å². The Morgan fingerprint density at radius 1 is 0.372 bits per heavy atom. The summed E-state index contributed by atoms with van der Waals surface area (Å²) in [4.78, 5) is 7.98. The average molecular weight is 1130 g/mol. The van der Waals surface area contributed by atoms with Gasteiger partial charge in [-0.2, -0.15) is 0 Å². The summed E-state index contributed by atoms with van der Waals surface area (Å²) in [5.74, 6) is 0. The summed E-state index contributed by atoms with van der Waals surface area (Å²) in [7, 11) is 0. The van der Waals surface area contributed by atoms with Crippen LogP contribution in [0, 0.1) is 20.8 Å². The maximum absolute atomic E-state index is 2.72. The minimum Gasteiger partial charge on any atom is -0.311 e. The molecule has 0 saturated heterocycles. The van der Waals surface area contributed by atoms with E-state index in [2.05, 4.69) is 300 Å². The van der Waals surface area contributed by atoms with Crippen molar-refractivity contribution in [1.82, 2.24) is 0 Å². The van der Waals surface area contributed by atoms with E-state index >= 15 is 0 Å². The van der Waals surface area contributed by atoms with Crippen molar-refractivity contribution in [1.29, 1.82) is 0 Å². The van der Waals surface area contributed by atoms with E-state index in [1.165, 1.54) is 153 Å². The van der Waals surface area contributed by atoms with E-state index in [1.54, 1.807) is 0 Å². The van der Waals surface area contributed by atoms with Gasteiger partial charge in [0.1, 0.15) is 0 Å². The summed E-state index contributed by atoms with van der Waals surface area (Å²) in [6.45, 7) is 52.7. The molecule has 0 aromatic heterocycles. The molecule has 8 aromatic rings. The lowest BCUT2D eigenvalue weighted by atomic mass is 9.33. The van der Waals surface area contributed by atoms with Gasteiger partial charge >= 0.3 is 0 Å². The number of nitrogens with zero attached hydrogens (tertiary/aromatic N) is 3. The van der Waals surface area contributed by atoms with Crippen LogP contribution >= 0.6 is 0 Å². The van der Waals surface area contributed by atoms with Crippen LogP contribution in [0.3, 0.4) is 0 Å². The summed E-state index contributed by atoms with van der Waals surface area (Å²) >= 11 is 0. The molecule has 0 radical (unpaired) electrons. The third kappa shape index (κ3) is 9.00. The van der Waals surface area contributed by atoms with Crippen molar-refractivity contribution in [3.63, 3.8) is 0 Å². The normalized spacial score (nSPS) is 18.1. The van der Waals surface area contributed by atoms with Crippen molar-refractivity contribution in [3.05, 3.63) is 200 Å². The zero-order valence-corrected chi connectivity index (χ0v) is 56.4. The van der Waals surface area contributed by atoms with Gasteiger partial charge in [-0.3, -0.25) is 0 Å². The SMILES string of the molecule is Cc1cc2c3c(c1)N(c1ccc4c(c1)C(C)(C)CCC4(C)C)c1cc4c(cc1B3c1ccc(N(c3ccc(C(C)(C)C)cc3C)c3ccc(C(C)(C)C)cc3C)cc1N2c1ccc2c(c1)-c1ccc(C(C)(C)C)cc1C2(C)C)C(C)(C)CCC4(C)C. The third-order valence-electron chi connectivity index (χ3n) is 21.9. The summed E-state index contributed by atoms with van der Waals surface area (Å²) in [6, 6.07) is 54.8. The topological polar surface area (TPSA) is 9.72 Å². The average Bonchev–Trinajstić information content (AvgIpc) is 0.771. The van der Waals surface area contributed by atoms with Gasteiger partial charge in [-0.1, -0.05) is 198 Å². The summed E-state index contributed by atoms with van der Waals surface area (Å²) < 4.78 is 0. The van der Waals surface area contributed by atoms with Gasteiger partial charge in [0.25, 0.3) is 6.71 Å². The minimum atomic E-state index is -0.156. The number of aryl methyl sites for hydroxylation is 3. The first-order valence-corrected chi connectivity index (χ1v) is 32.5. The van der Waals surface area contributed by atoms with E-state index in [4.69, 9.17) is 0 Å². The number of hydrogen-bond donors (Lipinski definition) is 0. The molecule has 0 fully saturated rings. The molecule has 442 valence electrons. The smallest absolute Gasteiger partial charge is 0.252 e. The monoisotopic (exact) mass is 1130 g/mol. The zero-order chi connectivity index (χ0) is 61.7. The van der Waals surface area contributed by atoms with Crippen LogP contribution in [-0.4, -0.2) is 6.71 Å². The van der Waals surface area contributed by atoms with Crippen molar-refractivity contribution < 1.29 is 0 Å². The minimum absolute atomic E-state index is 0.0129. The molecular formula is C82H96BN3. The van der Waals surface area contributed by atoms with E-state index in [-0.39, 0.29) is 50.0 Å². The van der Waals surface area contributed by atoms with E-state index in [1.807, 2.05) is 0 Å². The van der Waals surface area contributed by atoms with Crippen molar-refractivity contribution in [2.24, 2.45) is 0 Å². The molecule has 0 spiro atoms. The highest BCUT2D eigenvalue weighted by Crippen LogP contribution is 2.56. The highest BCUT2D eigenvalue weighted by atomic mass is 15.2. The van der Waals surface area contributed by atoms with Crippen molar-refractivity contribution in [2.75, 3.05) is 14.7 Å². The summed E-state index contributed by atoms with van der Waals surface area (Å²) in [5.41, 5.74) is 34.6. The molecule has 0 amide bonds. The largest absolute Gasteiger partial charge is 0.311 e. The van der Waals surface area contributed by atoms with Gasteiger partial charge in [-0.25, -0.2) is 0 Å². The number of anilines is 9. The second-order valence-corrected chi connectivity index (χ2v) is 33.5. The molecular weight excluding hydrogens is 1040 g/mol. The number of benzene rings is 8. The van der Waals surface area contributed by atoms with Crippen LogP contribution in [0.5, 0.6) is 0 Å². The molecule has 2 heterocycles. The lowest BCUT2D eigenvalue weighted by Gasteiger charge is -2.48. The highest BCUT2D eigenvalue weighted by molar-refractivity contribution is 7.00. The third-order valence-corrected chi connectivity index (χ3v) is 21.9. The second kappa shape index (κ2) is 18.9. The van der Waals surface area contributed by atoms with Gasteiger partial charge in [0, 0.05) is 56.6 Å². The standard InChI is InChI=1S/C82H96BN3/c1-49-39-72-74-73(40-49)86(56-27-31-61-63(45-56)79(15,16)36-35-78(61,13)14)71-48-65-64(80(17,18)37-38-81(65,19)20)47-67(71)83(74)66-32-28-57(84(68-33-24-52(41-50(68)2)75(4,5)6)69-34-25-53(42-51(69)3)76(7,8)9)46-70(66)85(72)55-26-30-60-59(44-55)58-29-23-54(77(10,11)12)43-62(58)82(60,21)22/h23-34,39-48H,35-38H2,1-22H3. The van der Waals surface area contributed by atoms with Crippen LogP contribution in [0.15, 0.2) is 133 Å². The van der Waals surface area contributed by atoms with Crippen LogP contribution in [-0.2, 0) is 43.3 Å². The van der Waals surface area contributed by atoms with E-state index < -0.39 is 0 Å². The Balaban J connectivity index is 1.12. The Morgan fingerprint density at radius 3 is 1.35 bits per heavy atom. The van der Waals surface area contributed by atoms with Gasteiger partial charge in [-0.15, -0.1) is 0 Å². The molecule has 0 saturated carbocycles. The quantitative estimate of drug-likeness (QED) is 0.159. The number of fused-ring (bicyclic) bond motifs is 9. The fourth-order valence-electron chi connectivity index (χ4n) is 16.1. The molecule has 3 nitrogen and oxygen atoms in total. The number of hydrogen-bond acceptors (Lipinski definition) is 3. The highest BCUT2D eigenvalue weighted by Gasteiger charge is 2.48. The second-order valence-electron chi connectivity index (χ2n) is 33.5. The first kappa shape index (κ1) is 58.3. The van der Waals surface area contributed by atoms with Gasteiger partial charge in [-0.05, 0) is 245 Å². The lowest BCUT2D eigenvalue weighted by Crippen LogP contribution is -2.62. The molecule has 0 unspecified atom stereocenters. The first-order valence-electron chi connectivity index (χ1n) is 32.5. The Bertz CT molecular complexity index is 4090. The van der Waals surface area contributed by atoms with Crippen molar-refractivity contribution in [2.45, 2.75) is 221 Å². The van der Waals surface area contributed by atoms with Gasteiger partial charge < -0.3 is 14.7 Å². The fourth-order valence-corrected chi connectivity index (χ4v) is 16.1. The molecule has 0 N–H and O–H groups in total. The molecule has 2 aliphatic heterocycles. The Kier molecular flexibility index (Phi) is 12.8. The van der Waals surface area contributed by atoms with E-state index in [9.17, 15) is 0 Å². The molecule has 0 atom stereocenters. The van der Waals surface area contributed by atoms with Crippen molar-refractivity contribution in [3.8, 4) is 11.1 Å². The molecule has 13 rings (SSSR count). The predicted molar refractivity (Wildman–Crippen MR) is 374 cm³/mol. The number of rotatable bonds is 5. The molecule has 3 aliphatic carbocycles. The summed E-state index contributed by atoms with van der Waals surface area (Å²) in [6.07, 6.45) is 4.67. The zero-order valence-electron chi connectivity index (χ0n) is 56.4. The predicted octanol–water partition coefficient (Wildman–Crippen LogP) is 21.1. The Morgan fingerprint density at radius 2 is 0.826 bits per heavy atom. The maximum atomic E-state index is 2.72. The molecule has 86 heavy (non-hydrogen) atoms. The van der Waals surface area contributed by atoms with Crippen molar-refractivity contribution >= 4 is 74.3 Å². The Hall–Kier alpha value is -6.78. The summed E-state index contributed by atoms with van der Waals surface area (Å²) in [5, 5.41) is 0. The van der Waals surface area contributed by atoms with Gasteiger partial charge in [0.05, 0.1) is 0 Å². The van der Waals surface area contributed by atoms with E-state index in [0.717, 1.165) is 18.5 Å². The van der Waals surface area contributed by atoms with Crippen LogP contribution in [0.4, 0.5) is 51.2 Å². The van der Waals surface area contributed by atoms with Crippen LogP contribution < -0.4 is 31.1 Å². The molecule has 8 aromatic carbocycles. The molecule has 0 bridgehead atoms.